The summed E-state index contributed by atoms with van der Waals surface area (Å²) in [5, 5.41) is -0.585. The maximum Gasteiger partial charge on any atom is 0.308 e. The Balaban J connectivity index is 2.60. The van der Waals surface area contributed by atoms with E-state index in [0.717, 1.165) is 0 Å². The van der Waals surface area contributed by atoms with Crippen LogP contribution in [0.5, 0.6) is 0 Å². The minimum Gasteiger partial charge on any atom is -0.469 e. The van der Waals surface area contributed by atoms with E-state index in [1.807, 2.05) is 0 Å². The van der Waals surface area contributed by atoms with Gasteiger partial charge in [0, 0.05) is 10.7 Å². The highest BCUT2D eigenvalue weighted by atomic mass is 35.7. The molecule has 0 unspecified atom stereocenters. The van der Waals surface area contributed by atoms with Gasteiger partial charge in [0.25, 0.3) is 0 Å². The van der Waals surface area contributed by atoms with E-state index in [9.17, 15) is 13.2 Å². The van der Waals surface area contributed by atoms with E-state index >= 15 is 0 Å². The molecule has 1 rings (SSSR count). The fourth-order valence-electron chi connectivity index (χ4n) is 1.58. The lowest BCUT2D eigenvalue weighted by Crippen LogP contribution is -2.16. The summed E-state index contributed by atoms with van der Waals surface area (Å²) in [6.45, 7) is 0. The maximum atomic E-state index is 11.0. The Morgan fingerprint density at radius 3 is 2.46 bits per heavy atom. The molecule has 1 fully saturated rings. The number of carbonyl (C=O) groups excluding carboxylic acids is 1. The molecule has 0 aromatic carbocycles. The largest absolute Gasteiger partial charge is 0.469 e. The monoisotopic (exact) mass is 226 g/mol. The van der Waals surface area contributed by atoms with Crippen molar-refractivity contribution in [2.75, 3.05) is 7.11 Å². The summed E-state index contributed by atoms with van der Waals surface area (Å²) >= 11 is 0. The SMILES string of the molecule is COC(=O)[C@@H]1CC[C@@H](S(=O)(=O)Cl)C1. The van der Waals surface area contributed by atoms with Crippen LogP contribution in [0.1, 0.15) is 19.3 Å². The van der Waals surface area contributed by atoms with E-state index in [2.05, 4.69) is 4.74 Å². The molecule has 4 nitrogen and oxygen atoms in total. The number of rotatable bonds is 2. The molecule has 0 aliphatic heterocycles. The number of halogens is 1. The third-order valence-corrected chi connectivity index (χ3v) is 4.30. The predicted molar refractivity (Wildman–Crippen MR) is 47.9 cm³/mol. The Hall–Kier alpha value is -0.290. The van der Waals surface area contributed by atoms with Gasteiger partial charge >= 0.3 is 5.97 Å². The second-order valence-corrected chi connectivity index (χ2v) is 6.04. The topological polar surface area (TPSA) is 60.4 Å². The van der Waals surface area contributed by atoms with E-state index < -0.39 is 14.3 Å². The summed E-state index contributed by atoms with van der Waals surface area (Å²) in [4.78, 5) is 11.0. The highest BCUT2D eigenvalue weighted by Gasteiger charge is 2.36. The number of carbonyl (C=O) groups is 1. The zero-order valence-electron chi connectivity index (χ0n) is 7.20. The van der Waals surface area contributed by atoms with Crippen LogP contribution in [-0.2, 0) is 18.6 Å². The van der Waals surface area contributed by atoms with Gasteiger partial charge in [-0.3, -0.25) is 4.79 Å². The van der Waals surface area contributed by atoms with Crippen molar-refractivity contribution in [3.63, 3.8) is 0 Å². The molecule has 0 saturated heterocycles. The lowest BCUT2D eigenvalue weighted by atomic mass is 10.1. The number of esters is 1. The second kappa shape index (κ2) is 3.84. The first-order valence-electron chi connectivity index (χ1n) is 3.96. The third-order valence-electron chi connectivity index (χ3n) is 2.32. The van der Waals surface area contributed by atoms with Gasteiger partial charge in [-0.1, -0.05) is 0 Å². The van der Waals surface area contributed by atoms with E-state index in [0.29, 0.717) is 19.3 Å². The number of hydrogen-bond donors (Lipinski definition) is 0. The predicted octanol–water partition coefficient (Wildman–Crippen LogP) is 0.897. The Morgan fingerprint density at radius 2 is 2.08 bits per heavy atom. The number of ether oxygens (including phenoxy) is 1. The minimum absolute atomic E-state index is 0.290. The molecule has 1 saturated carbocycles. The molecule has 0 aromatic heterocycles. The van der Waals surface area contributed by atoms with Crippen molar-refractivity contribution in [3.05, 3.63) is 0 Å². The highest BCUT2D eigenvalue weighted by Crippen LogP contribution is 2.32. The van der Waals surface area contributed by atoms with Gasteiger partial charge in [0.05, 0.1) is 18.3 Å². The van der Waals surface area contributed by atoms with E-state index in [4.69, 9.17) is 10.7 Å². The van der Waals surface area contributed by atoms with Crippen molar-refractivity contribution in [1.82, 2.24) is 0 Å². The second-order valence-electron chi connectivity index (χ2n) is 3.13. The van der Waals surface area contributed by atoms with Crippen LogP contribution in [0.4, 0.5) is 0 Å². The van der Waals surface area contributed by atoms with Gasteiger partial charge in [-0.05, 0) is 19.3 Å². The van der Waals surface area contributed by atoms with Crippen molar-refractivity contribution < 1.29 is 17.9 Å². The highest BCUT2D eigenvalue weighted by molar-refractivity contribution is 8.14. The molecule has 2 atom stereocenters. The number of hydrogen-bond acceptors (Lipinski definition) is 4. The molecule has 0 aromatic rings. The first kappa shape index (κ1) is 10.8. The fraction of sp³-hybridized carbons (Fsp3) is 0.857. The minimum atomic E-state index is -3.51. The summed E-state index contributed by atoms with van der Waals surface area (Å²) in [7, 11) is 2.96. The molecule has 0 N–H and O–H groups in total. The molecule has 6 heteroatoms. The molecule has 76 valence electrons. The third kappa shape index (κ3) is 2.57. The molecular weight excluding hydrogens is 216 g/mol. The average molecular weight is 227 g/mol. The van der Waals surface area contributed by atoms with E-state index in [1.165, 1.54) is 7.11 Å². The average Bonchev–Trinajstić information content (AvgIpc) is 2.50. The lowest BCUT2D eigenvalue weighted by molar-refractivity contribution is -0.145. The Labute approximate surface area is 81.6 Å². The van der Waals surface area contributed by atoms with Crippen molar-refractivity contribution in [2.24, 2.45) is 5.92 Å². The summed E-state index contributed by atoms with van der Waals surface area (Å²) in [5.41, 5.74) is 0. The maximum absolute atomic E-state index is 11.0. The van der Waals surface area contributed by atoms with E-state index in [1.54, 1.807) is 0 Å². The number of methoxy groups -OCH3 is 1. The summed E-state index contributed by atoms with van der Waals surface area (Å²) in [5.74, 6) is -0.647. The van der Waals surface area contributed by atoms with Gasteiger partial charge in [-0.2, -0.15) is 0 Å². The van der Waals surface area contributed by atoms with Crippen LogP contribution < -0.4 is 0 Å². The van der Waals surface area contributed by atoms with Crippen LogP contribution in [0.2, 0.25) is 0 Å². The Morgan fingerprint density at radius 1 is 1.46 bits per heavy atom. The van der Waals surface area contributed by atoms with Crippen LogP contribution in [-0.4, -0.2) is 26.7 Å². The zero-order chi connectivity index (χ0) is 10.1. The molecule has 0 heterocycles. The van der Waals surface area contributed by atoms with E-state index in [-0.39, 0.29) is 11.9 Å². The van der Waals surface area contributed by atoms with Crippen molar-refractivity contribution >= 4 is 25.7 Å². The molecule has 0 amide bonds. The summed E-state index contributed by atoms with van der Waals surface area (Å²) in [6, 6.07) is 0. The molecule has 0 radical (unpaired) electrons. The summed E-state index contributed by atoms with van der Waals surface area (Å²) < 4.78 is 26.3. The molecule has 13 heavy (non-hydrogen) atoms. The van der Waals surface area contributed by atoms with Crippen molar-refractivity contribution in [3.8, 4) is 0 Å². The van der Waals surface area contributed by atoms with Crippen molar-refractivity contribution in [2.45, 2.75) is 24.5 Å². The van der Waals surface area contributed by atoms with Gasteiger partial charge in [-0.15, -0.1) is 0 Å². The van der Waals surface area contributed by atoms with Gasteiger partial charge in [0.1, 0.15) is 0 Å². The normalized spacial score (nSPS) is 28.8. The smallest absolute Gasteiger partial charge is 0.308 e. The molecular formula is C7H11ClO4S. The molecule has 1 aliphatic carbocycles. The van der Waals surface area contributed by atoms with Crippen LogP contribution >= 0.6 is 10.7 Å². The van der Waals surface area contributed by atoms with Gasteiger partial charge in [-0.25, -0.2) is 8.42 Å². The summed E-state index contributed by atoms with van der Waals surface area (Å²) in [6.07, 6.45) is 1.29. The van der Waals surface area contributed by atoms with Gasteiger partial charge < -0.3 is 4.74 Å². The van der Waals surface area contributed by atoms with Crippen LogP contribution in [0.25, 0.3) is 0 Å². The first-order chi connectivity index (χ1) is 5.95. The van der Waals surface area contributed by atoms with Crippen molar-refractivity contribution in [1.29, 1.82) is 0 Å². The first-order valence-corrected chi connectivity index (χ1v) is 6.33. The standard InChI is InChI=1S/C7H11ClO4S/c1-12-7(9)5-2-3-6(4-5)13(8,10)11/h5-6H,2-4H2,1H3/t5-,6-/m1/s1. The van der Waals surface area contributed by atoms with Crippen LogP contribution in [0.15, 0.2) is 0 Å². The van der Waals surface area contributed by atoms with Gasteiger partial charge in [0.15, 0.2) is 0 Å². The lowest BCUT2D eigenvalue weighted by Gasteiger charge is -2.06. The Kier molecular flexibility index (Phi) is 3.18. The zero-order valence-corrected chi connectivity index (χ0v) is 8.77. The molecule has 0 spiro atoms. The Bertz CT molecular complexity index is 298. The quantitative estimate of drug-likeness (QED) is 0.519. The van der Waals surface area contributed by atoms with Crippen LogP contribution in [0, 0.1) is 5.92 Å². The van der Waals surface area contributed by atoms with Crippen LogP contribution in [0.3, 0.4) is 0 Å². The molecule has 1 aliphatic rings. The van der Waals surface area contributed by atoms with Gasteiger partial charge in [0.2, 0.25) is 9.05 Å². The fourth-order valence-corrected chi connectivity index (χ4v) is 2.94. The molecule has 0 bridgehead atoms.